The lowest BCUT2D eigenvalue weighted by molar-refractivity contribution is 0.250. The largest absolute Gasteiger partial charge is 0.493 e. The Morgan fingerprint density at radius 1 is 0.923 bits per heavy atom. The Hall–Kier alpha value is -4.57. The van der Waals surface area contributed by atoms with E-state index in [2.05, 4.69) is 45.4 Å². The summed E-state index contributed by atoms with van der Waals surface area (Å²) in [5.74, 6) is 3.11. The van der Waals surface area contributed by atoms with Crippen molar-refractivity contribution in [2.45, 2.75) is 13.1 Å². The van der Waals surface area contributed by atoms with Gasteiger partial charge in [0.15, 0.2) is 22.9 Å². The summed E-state index contributed by atoms with van der Waals surface area (Å²) in [6.07, 6.45) is 3.53. The van der Waals surface area contributed by atoms with Crippen molar-refractivity contribution < 1.29 is 13.9 Å². The fraction of sp³-hybridized carbons (Fsp3) is 0.276. The Bertz CT molecular complexity index is 1530. The highest BCUT2D eigenvalue weighted by Crippen LogP contribution is 2.28. The van der Waals surface area contributed by atoms with Crippen molar-refractivity contribution in [2.24, 2.45) is 0 Å². The number of anilines is 2. The van der Waals surface area contributed by atoms with E-state index in [0.717, 1.165) is 49.5 Å². The third-order valence-electron chi connectivity index (χ3n) is 6.97. The zero-order chi connectivity index (χ0) is 26.6. The molecule has 0 radical (unpaired) electrons. The van der Waals surface area contributed by atoms with Crippen LogP contribution in [0.25, 0.3) is 17.2 Å². The Morgan fingerprint density at radius 3 is 2.49 bits per heavy atom. The van der Waals surface area contributed by atoms with Crippen LogP contribution in [0.5, 0.6) is 11.5 Å². The van der Waals surface area contributed by atoms with Crippen LogP contribution in [-0.2, 0) is 13.1 Å². The van der Waals surface area contributed by atoms with Gasteiger partial charge >= 0.3 is 0 Å². The average Bonchev–Trinajstić information content (AvgIpc) is 3.69. The summed E-state index contributed by atoms with van der Waals surface area (Å²) < 4.78 is 18.2. The van der Waals surface area contributed by atoms with Crippen molar-refractivity contribution in [2.75, 3.05) is 50.6 Å². The van der Waals surface area contributed by atoms with Gasteiger partial charge in [-0.1, -0.05) is 24.3 Å². The number of furan rings is 1. The van der Waals surface area contributed by atoms with Crippen molar-refractivity contribution in [3.63, 3.8) is 0 Å². The van der Waals surface area contributed by atoms with E-state index in [0.29, 0.717) is 35.6 Å². The molecule has 1 fully saturated rings. The molecule has 0 amide bonds. The van der Waals surface area contributed by atoms with E-state index in [-0.39, 0.29) is 0 Å². The van der Waals surface area contributed by atoms with Crippen LogP contribution in [0.1, 0.15) is 11.1 Å². The summed E-state index contributed by atoms with van der Waals surface area (Å²) in [6.45, 7) is 5.13. The third kappa shape index (κ3) is 5.23. The zero-order valence-corrected chi connectivity index (χ0v) is 22.1. The van der Waals surface area contributed by atoms with Gasteiger partial charge in [-0.05, 0) is 42.0 Å². The Balaban J connectivity index is 1.23. The van der Waals surface area contributed by atoms with Crippen LogP contribution in [0.2, 0.25) is 0 Å². The van der Waals surface area contributed by atoms with Crippen LogP contribution in [0.15, 0.2) is 77.5 Å². The predicted octanol–water partition coefficient (Wildman–Crippen LogP) is 4.34. The van der Waals surface area contributed by atoms with E-state index in [1.54, 1.807) is 25.0 Å². The summed E-state index contributed by atoms with van der Waals surface area (Å²) in [5.41, 5.74) is 4.07. The molecule has 2 aromatic carbocycles. The number of para-hydroxylation sites is 1. The molecule has 0 unspecified atom stereocenters. The van der Waals surface area contributed by atoms with Crippen LogP contribution >= 0.6 is 0 Å². The van der Waals surface area contributed by atoms with Gasteiger partial charge in [-0.15, -0.1) is 5.10 Å². The molecular weight excluding hydrogens is 494 g/mol. The summed E-state index contributed by atoms with van der Waals surface area (Å²) >= 11 is 0. The fourth-order valence-electron chi connectivity index (χ4n) is 4.88. The molecular formula is C29H31N7O3. The highest BCUT2D eigenvalue weighted by atomic mass is 16.5. The summed E-state index contributed by atoms with van der Waals surface area (Å²) in [6, 6.07) is 20.1. The van der Waals surface area contributed by atoms with Gasteiger partial charge < -0.3 is 24.1 Å². The van der Waals surface area contributed by atoms with Gasteiger partial charge in [0, 0.05) is 56.7 Å². The molecule has 0 atom stereocenters. The van der Waals surface area contributed by atoms with Crippen molar-refractivity contribution in [3.05, 3.63) is 84.3 Å². The van der Waals surface area contributed by atoms with Gasteiger partial charge in [0.25, 0.3) is 0 Å². The second-order valence-electron chi connectivity index (χ2n) is 9.40. The first kappa shape index (κ1) is 24.7. The van der Waals surface area contributed by atoms with E-state index in [9.17, 15) is 0 Å². The predicted molar refractivity (Wildman–Crippen MR) is 149 cm³/mol. The smallest absolute Gasteiger partial charge is 0.226 e. The number of ether oxygens (including phenoxy) is 2. The number of rotatable bonds is 9. The number of benzene rings is 2. The van der Waals surface area contributed by atoms with Gasteiger partial charge in [0.05, 0.1) is 20.5 Å². The molecule has 1 saturated heterocycles. The van der Waals surface area contributed by atoms with Crippen LogP contribution in [0.4, 0.5) is 11.6 Å². The van der Waals surface area contributed by atoms with Gasteiger partial charge in [0.2, 0.25) is 11.8 Å². The summed E-state index contributed by atoms with van der Waals surface area (Å²) in [4.78, 5) is 14.5. The molecule has 200 valence electrons. The molecule has 10 heteroatoms. The maximum absolute atomic E-state index is 5.59. The molecule has 0 saturated carbocycles. The van der Waals surface area contributed by atoms with Gasteiger partial charge in [0.1, 0.15) is 0 Å². The average molecular weight is 526 g/mol. The van der Waals surface area contributed by atoms with E-state index in [1.807, 2.05) is 36.5 Å². The van der Waals surface area contributed by atoms with Crippen LogP contribution in [0, 0.1) is 0 Å². The monoisotopic (exact) mass is 525 g/mol. The zero-order valence-electron chi connectivity index (χ0n) is 22.1. The molecule has 0 bridgehead atoms. The molecule has 3 aromatic heterocycles. The number of hydrogen-bond acceptors (Lipinski definition) is 9. The highest BCUT2D eigenvalue weighted by Gasteiger charge is 2.21. The maximum Gasteiger partial charge on any atom is 0.226 e. The number of nitrogens with zero attached hydrogens (tertiary/aromatic N) is 6. The molecule has 6 rings (SSSR count). The molecule has 1 aliphatic rings. The topological polar surface area (TPSA) is 93.2 Å². The first-order valence-corrected chi connectivity index (χ1v) is 13.0. The van der Waals surface area contributed by atoms with Gasteiger partial charge in [-0.25, -0.2) is 9.97 Å². The number of methoxy groups -OCH3 is 2. The quantitative estimate of drug-likeness (QED) is 0.302. The Morgan fingerprint density at radius 2 is 1.74 bits per heavy atom. The van der Waals surface area contributed by atoms with E-state index in [1.165, 1.54) is 5.69 Å². The Labute approximate surface area is 226 Å². The molecule has 1 N–H and O–H groups in total. The van der Waals surface area contributed by atoms with E-state index >= 15 is 0 Å². The standard InChI is InChI=1S/C29H31N7O3/c1-37-24-11-10-21(17-26(24)38-2)18-30-29-31-19-22(28-32-27(33-36(28)29)25-9-6-16-39-25)20-34-12-14-35(15-13-34)23-7-4-3-5-8-23/h3-11,16-17,19H,12-15,18,20H2,1-2H3,(H,30,31). The molecule has 0 spiro atoms. The second-order valence-corrected chi connectivity index (χ2v) is 9.40. The van der Waals surface area contributed by atoms with Crippen molar-refractivity contribution in [1.29, 1.82) is 0 Å². The first-order valence-electron chi connectivity index (χ1n) is 13.0. The van der Waals surface area contributed by atoms with Crippen molar-refractivity contribution in [1.82, 2.24) is 24.5 Å². The summed E-state index contributed by atoms with van der Waals surface area (Å²) in [5, 5.41) is 8.16. The molecule has 4 heterocycles. The maximum atomic E-state index is 5.59. The van der Waals surface area contributed by atoms with Crippen LogP contribution in [0.3, 0.4) is 0 Å². The van der Waals surface area contributed by atoms with Crippen LogP contribution in [-0.4, -0.2) is 64.9 Å². The lowest BCUT2D eigenvalue weighted by Gasteiger charge is -2.36. The van der Waals surface area contributed by atoms with Crippen molar-refractivity contribution >= 4 is 17.3 Å². The second kappa shape index (κ2) is 11.0. The van der Waals surface area contributed by atoms with Crippen LogP contribution < -0.4 is 19.7 Å². The number of hydrogen-bond donors (Lipinski definition) is 1. The molecule has 39 heavy (non-hydrogen) atoms. The highest BCUT2D eigenvalue weighted by molar-refractivity contribution is 5.58. The number of aromatic nitrogens is 4. The number of piperazine rings is 1. The minimum atomic E-state index is 0.525. The SMILES string of the molecule is COc1ccc(CNc2ncc(CN3CCN(c4ccccc4)CC3)c3nc(-c4ccco4)nn23)cc1OC. The fourth-order valence-corrected chi connectivity index (χ4v) is 4.88. The lowest BCUT2D eigenvalue weighted by Crippen LogP contribution is -2.46. The molecule has 1 aliphatic heterocycles. The van der Waals surface area contributed by atoms with Gasteiger partial charge in [-0.2, -0.15) is 4.52 Å². The van der Waals surface area contributed by atoms with Gasteiger partial charge in [-0.3, -0.25) is 4.90 Å². The van der Waals surface area contributed by atoms with E-state index in [4.69, 9.17) is 29.0 Å². The number of fused-ring (bicyclic) bond motifs is 1. The first-order chi connectivity index (χ1) is 19.2. The minimum Gasteiger partial charge on any atom is -0.493 e. The lowest BCUT2D eigenvalue weighted by atomic mass is 10.2. The minimum absolute atomic E-state index is 0.525. The molecule has 5 aromatic rings. The number of nitrogens with one attached hydrogen (secondary N) is 1. The summed E-state index contributed by atoms with van der Waals surface area (Å²) in [7, 11) is 3.26. The molecule has 0 aliphatic carbocycles. The molecule has 10 nitrogen and oxygen atoms in total. The normalized spacial score (nSPS) is 14.1. The Kier molecular flexibility index (Phi) is 7.01. The van der Waals surface area contributed by atoms with Crippen molar-refractivity contribution in [3.8, 4) is 23.1 Å². The van der Waals surface area contributed by atoms with E-state index < -0.39 is 0 Å². The third-order valence-corrected chi connectivity index (χ3v) is 6.97.